The molecule has 2 aromatic carbocycles. The molecule has 2 atom stereocenters. The van der Waals surface area contributed by atoms with Crippen LogP contribution in [0.15, 0.2) is 48.5 Å². The van der Waals surface area contributed by atoms with Gasteiger partial charge >= 0.3 is 6.18 Å². The summed E-state index contributed by atoms with van der Waals surface area (Å²) in [6, 6.07) is 14.1. The van der Waals surface area contributed by atoms with Crippen molar-refractivity contribution in [3.05, 3.63) is 65.2 Å². The van der Waals surface area contributed by atoms with Crippen molar-refractivity contribution in [2.75, 3.05) is 5.32 Å². The molecule has 1 N–H and O–H groups in total. The van der Waals surface area contributed by atoms with Gasteiger partial charge in [-0.3, -0.25) is 0 Å². The minimum absolute atomic E-state index is 0.183. The second-order valence-electron chi connectivity index (χ2n) is 5.52. The van der Waals surface area contributed by atoms with Crippen molar-refractivity contribution < 1.29 is 13.2 Å². The molecule has 1 heterocycles. The lowest BCUT2D eigenvalue weighted by molar-refractivity contribution is -0.137. The van der Waals surface area contributed by atoms with Crippen LogP contribution in [0, 0.1) is 0 Å². The Bertz CT molecular complexity index is 634. The van der Waals surface area contributed by atoms with Gasteiger partial charge in [-0.15, -0.1) is 0 Å². The van der Waals surface area contributed by atoms with E-state index in [0.717, 1.165) is 22.9 Å². The SMILES string of the molecule is C[C@H]1Nc2ccc(C(F)(F)F)cc2C[C@H]1c1ccccc1. The summed E-state index contributed by atoms with van der Waals surface area (Å²) < 4.78 is 38.5. The molecule has 0 spiro atoms. The molecular weight excluding hydrogens is 275 g/mol. The van der Waals surface area contributed by atoms with Gasteiger partial charge in [-0.25, -0.2) is 0 Å². The zero-order valence-corrected chi connectivity index (χ0v) is 11.6. The number of halogens is 3. The third-order valence-electron chi connectivity index (χ3n) is 4.09. The Labute approximate surface area is 121 Å². The van der Waals surface area contributed by atoms with E-state index in [0.29, 0.717) is 6.42 Å². The fourth-order valence-corrected chi connectivity index (χ4v) is 2.95. The average Bonchev–Trinajstić information content (AvgIpc) is 2.46. The number of hydrogen-bond acceptors (Lipinski definition) is 1. The molecule has 3 rings (SSSR count). The molecule has 0 fully saturated rings. The van der Waals surface area contributed by atoms with E-state index in [1.54, 1.807) is 0 Å². The van der Waals surface area contributed by atoms with Crippen LogP contribution in [-0.4, -0.2) is 6.04 Å². The minimum Gasteiger partial charge on any atom is -0.382 e. The van der Waals surface area contributed by atoms with Crippen LogP contribution in [0.2, 0.25) is 0 Å². The van der Waals surface area contributed by atoms with Gasteiger partial charge in [0.25, 0.3) is 0 Å². The predicted molar refractivity (Wildman–Crippen MR) is 77.4 cm³/mol. The summed E-state index contributed by atoms with van der Waals surface area (Å²) in [7, 11) is 0. The summed E-state index contributed by atoms with van der Waals surface area (Å²) in [6.07, 6.45) is -3.67. The fourth-order valence-electron chi connectivity index (χ4n) is 2.95. The van der Waals surface area contributed by atoms with E-state index in [2.05, 4.69) is 12.2 Å². The maximum atomic E-state index is 12.8. The number of benzene rings is 2. The fraction of sp³-hybridized carbons (Fsp3) is 0.294. The van der Waals surface area contributed by atoms with Crippen LogP contribution in [0.4, 0.5) is 18.9 Å². The summed E-state index contributed by atoms with van der Waals surface area (Å²) in [4.78, 5) is 0. The van der Waals surface area contributed by atoms with E-state index in [1.165, 1.54) is 12.1 Å². The number of fused-ring (bicyclic) bond motifs is 1. The second kappa shape index (κ2) is 5.10. The monoisotopic (exact) mass is 291 g/mol. The topological polar surface area (TPSA) is 12.0 Å². The van der Waals surface area contributed by atoms with E-state index < -0.39 is 11.7 Å². The number of anilines is 1. The minimum atomic E-state index is -4.29. The summed E-state index contributed by atoms with van der Waals surface area (Å²) in [5, 5.41) is 3.32. The molecule has 2 aromatic rings. The Hall–Kier alpha value is -1.97. The van der Waals surface area contributed by atoms with Gasteiger partial charge in [0.05, 0.1) is 5.56 Å². The first-order valence-electron chi connectivity index (χ1n) is 6.97. The molecule has 0 unspecified atom stereocenters. The Kier molecular flexibility index (Phi) is 3.40. The molecule has 0 radical (unpaired) electrons. The highest BCUT2D eigenvalue weighted by molar-refractivity contribution is 5.57. The van der Waals surface area contributed by atoms with Crippen molar-refractivity contribution in [2.45, 2.75) is 31.5 Å². The Morgan fingerprint density at radius 2 is 1.76 bits per heavy atom. The molecule has 4 heteroatoms. The highest BCUT2D eigenvalue weighted by atomic mass is 19.4. The maximum absolute atomic E-state index is 12.8. The molecule has 0 bridgehead atoms. The number of hydrogen-bond donors (Lipinski definition) is 1. The molecular formula is C17H16F3N. The third kappa shape index (κ3) is 2.75. The zero-order valence-electron chi connectivity index (χ0n) is 11.6. The van der Waals surface area contributed by atoms with E-state index in [-0.39, 0.29) is 12.0 Å². The van der Waals surface area contributed by atoms with Gasteiger partial charge in [-0.1, -0.05) is 30.3 Å². The van der Waals surface area contributed by atoms with Gasteiger partial charge in [0.2, 0.25) is 0 Å². The quantitative estimate of drug-likeness (QED) is 0.792. The van der Waals surface area contributed by atoms with E-state index in [1.807, 2.05) is 30.3 Å². The molecule has 1 aliphatic heterocycles. The highest BCUT2D eigenvalue weighted by Crippen LogP contribution is 2.38. The number of nitrogens with one attached hydrogen (secondary N) is 1. The summed E-state index contributed by atoms with van der Waals surface area (Å²) in [5.74, 6) is 0.183. The van der Waals surface area contributed by atoms with Crippen molar-refractivity contribution in [1.82, 2.24) is 0 Å². The normalized spacial score (nSPS) is 21.5. The van der Waals surface area contributed by atoms with Crippen molar-refractivity contribution in [3.63, 3.8) is 0 Å². The number of rotatable bonds is 1. The molecule has 0 saturated carbocycles. The van der Waals surface area contributed by atoms with E-state index >= 15 is 0 Å². The first-order valence-corrected chi connectivity index (χ1v) is 6.97. The molecule has 1 aliphatic rings. The van der Waals surface area contributed by atoms with Crippen LogP contribution >= 0.6 is 0 Å². The lowest BCUT2D eigenvalue weighted by Gasteiger charge is -2.33. The predicted octanol–water partition coefficient (Wildman–Crippen LogP) is 4.85. The highest BCUT2D eigenvalue weighted by Gasteiger charge is 2.33. The molecule has 0 aliphatic carbocycles. The molecule has 21 heavy (non-hydrogen) atoms. The van der Waals surface area contributed by atoms with Gasteiger partial charge < -0.3 is 5.32 Å². The van der Waals surface area contributed by atoms with Gasteiger partial charge in [0.1, 0.15) is 0 Å². The number of alkyl halides is 3. The van der Waals surface area contributed by atoms with Crippen LogP contribution in [-0.2, 0) is 12.6 Å². The van der Waals surface area contributed by atoms with Gasteiger partial charge in [-0.05, 0) is 42.7 Å². The Morgan fingerprint density at radius 1 is 1.05 bits per heavy atom. The van der Waals surface area contributed by atoms with Gasteiger partial charge in [0.15, 0.2) is 0 Å². The molecule has 0 aromatic heterocycles. The van der Waals surface area contributed by atoms with Crippen LogP contribution < -0.4 is 5.32 Å². The van der Waals surface area contributed by atoms with Gasteiger partial charge in [-0.2, -0.15) is 13.2 Å². The van der Waals surface area contributed by atoms with Crippen molar-refractivity contribution in [1.29, 1.82) is 0 Å². The molecule has 1 nitrogen and oxygen atoms in total. The van der Waals surface area contributed by atoms with Crippen molar-refractivity contribution in [3.8, 4) is 0 Å². The molecule has 0 saturated heterocycles. The lowest BCUT2D eigenvalue weighted by atomic mass is 9.82. The smallest absolute Gasteiger partial charge is 0.382 e. The van der Waals surface area contributed by atoms with E-state index in [4.69, 9.17) is 0 Å². The van der Waals surface area contributed by atoms with Crippen LogP contribution in [0.3, 0.4) is 0 Å². The second-order valence-corrected chi connectivity index (χ2v) is 5.52. The first kappa shape index (κ1) is 14.0. The van der Waals surface area contributed by atoms with E-state index in [9.17, 15) is 13.2 Å². The summed E-state index contributed by atoms with van der Waals surface area (Å²) in [5.41, 5.74) is 2.12. The Balaban J connectivity index is 1.95. The first-order chi connectivity index (χ1) is 9.95. The van der Waals surface area contributed by atoms with Crippen LogP contribution in [0.5, 0.6) is 0 Å². The van der Waals surface area contributed by atoms with Crippen LogP contribution in [0.1, 0.15) is 29.5 Å². The maximum Gasteiger partial charge on any atom is 0.416 e. The zero-order chi connectivity index (χ0) is 15.0. The lowest BCUT2D eigenvalue weighted by Crippen LogP contribution is -2.31. The van der Waals surface area contributed by atoms with Gasteiger partial charge in [0, 0.05) is 17.6 Å². The summed E-state index contributed by atoms with van der Waals surface area (Å²) >= 11 is 0. The van der Waals surface area contributed by atoms with Crippen molar-refractivity contribution in [2.24, 2.45) is 0 Å². The van der Waals surface area contributed by atoms with Crippen molar-refractivity contribution >= 4 is 5.69 Å². The molecule has 0 amide bonds. The standard InChI is InChI=1S/C17H16F3N/c1-11-15(12-5-3-2-4-6-12)10-13-9-14(17(18,19)20)7-8-16(13)21-11/h2-9,11,15,21H,10H2,1H3/t11-,15-/m1/s1. The third-order valence-corrected chi connectivity index (χ3v) is 4.09. The largest absolute Gasteiger partial charge is 0.416 e. The average molecular weight is 291 g/mol. The van der Waals surface area contributed by atoms with Crippen LogP contribution in [0.25, 0.3) is 0 Å². The molecule has 110 valence electrons. The summed E-state index contributed by atoms with van der Waals surface area (Å²) in [6.45, 7) is 2.07. The Morgan fingerprint density at radius 3 is 2.43 bits per heavy atom.